The summed E-state index contributed by atoms with van der Waals surface area (Å²) in [6.07, 6.45) is 5.74. The molecule has 2 heteroatoms. The van der Waals surface area contributed by atoms with E-state index in [1.54, 1.807) is 0 Å². The predicted octanol–water partition coefficient (Wildman–Crippen LogP) is 5.05. The molecule has 0 bridgehead atoms. The Bertz CT molecular complexity index is 431. The highest BCUT2D eigenvalue weighted by atomic mass is 35.5. The maximum absolute atomic E-state index is 12.5. The Labute approximate surface area is 115 Å². The minimum atomic E-state index is 0.213. The van der Waals surface area contributed by atoms with Gasteiger partial charge in [0.2, 0.25) is 0 Å². The van der Waals surface area contributed by atoms with Gasteiger partial charge >= 0.3 is 0 Å². The minimum Gasteiger partial charge on any atom is -0.294 e. The Morgan fingerprint density at radius 3 is 2.56 bits per heavy atom. The number of halogens is 1. The molecule has 0 heterocycles. The molecule has 1 aliphatic rings. The number of ketones is 1. The third kappa shape index (κ3) is 2.95. The first-order chi connectivity index (χ1) is 8.61. The van der Waals surface area contributed by atoms with Gasteiger partial charge in [-0.2, -0.15) is 0 Å². The molecule has 1 aromatic carbocycles. The van der Waals surface area contributed by atoms with E-state index in [-0.39, 0.29) is 5.92 Å². The molecular weight excluding hydrogens is 244 g/mol. The standard InChI is InChI=1S/C16H21ClO/c1-3-12-5-7-13(8-6-12)16(18)15-10-14(17)9-4-11(15)2/h4,9-10,12-13H,3,5-8H2,1-2H3. The second-order valence-electron chi connectivity index (χ2n) is 5.45. The zero-order chi connectivity index (χ0) is 13.1. The van der Waals surface area contributed by atoms with Crippen LogP contribution >= 0.6 is 11.6 Å². The zero-order valence-electron chi connectivity index (χ0n) is 11.2. The van der Waals surface area contributed by atoms with Gasteiger partial charge in [-0.3, -0.25) is 4.79 Å². The lowest BCUT2D eigenvalue weighted by molar-refractivity contribution is 0.0870. The fourth-order valence-corrected chi connectivity index (χ4v) is 3.08. The van der Waals surface area contributed by atoms with E-state index < -0.39 is 0 Å². The number of carbonyl (C=O) groups is 1. The van der Waals surface area contributed by atoms with Crippen molar-refractivity contribution in [3.8, 4) is 0 Å². The molecule has 0 saturated heterocycles. The van der Waals surface area contributed by atoms with Crippen molar-refractivity contribution in [1.29, 1.82) is 0 Å². The summed E-state index contributed by atoms with van der Waals surface area (Å²) in [7, 11) is 0. The molecule has 0 atom stereocenters. The fraction of sp³-hybridized carbons (Fsp3) is 0.562. The van der Waals surface area contributed by atoms with Crippen LogP contribution in [-0.4, -0.2) is 5.78 Å². The molecule has 0 N–H and O–H groups in total. The Morgan fingerprint density at radius 2 is 1.94 bits per heavy atom. The molecule has 1 aliphatic carbocycles. The van der Waals surface area contributed by atoms with E-state index in [2.05, 4.69) is 6.92 Å². The summed E-state index contributed by atoms with van der Waals surface area (Å²) in [5, 5.41) is 0.659. The molecule has 0 unspecified atom stereocenters. The Hall–Kier alpha value is -0.820. The molecule has 98 valence electrons. The van der Waals surface area contributed by atoms with Gasteiger partial charge in [0.15, 0.2) is 5.78 Å². The predicted molar refractivity (Wildman–Crippen MR) is 76.3 cm³/mol. The first kappa shape index (κ1) is 13.6. The second kappa shape index (κ2) is 5.88. The lowest BCUT2D eigenvalue weighted by Gasteiger charge is -2.27. The molecule has 0 aromatic heterocycles. The number of rotatable bonds is 3. The topological polar surface area (TPSA) is 17.1 Å². The van der Waals surface area contributed by atoms with E-state index in [9.17, 15) is 4.79 Å². The van der Waals surface area contributed by atoms with Crippen LogP contribution in [0.4, 0.5) is 0 Å². The highest BCUT2D eigenvalue weighted by Gasteiger charge is 2.27. The maximum atomic E-state index is 12.5. The van der Waals surface area contributed by atoms with Crippen molar-refractivity contribution in [2.24, 2.45) is 11.8 Å². The van der Waals surface area contributed by atoms with E-state index in [1.807, 2.05) is 25.1 Å². The van der Waals surface area contributed by atoms with Crippen molar-refractivity contribution in [3.05, 3.63) is 34.3 Å². The third-order valence-corrected chi connectivity index (χ3v) is 4.50. The summed E-state index contributed by atoms with van der Waals surface area (Å²) in [5.74, 6) is 1.34. The van der Waals surface area contributed by atoms with E-state index in [0.717, 1.165) is 29.9 Å². The monoisotopic (exact) mass is 264 g/mol. The Morgan fingerprint density at radius 1 is 1.28 bits per heavy atom. The summed E-state index contributed by atoms with van der Waals surface area (Å²) in [5.41, 5.74) is 1.87. The average Bonchev–Trinajstić information content (AvgIpc) is 2.41. The van der Waals surface area contributed by atoms with Gasteiger partial charge in [0.1, 0.15) is 0 Å². The lowest BCUT2D eigenvalue weighted by atomic mass is 9.77. The minimum absolute atomic E-state index is 0.213. The summed E-state index contributed by atoms with van der Waals surface area (Å²) >= 11 is 5.99. The van der Waals surface area contributed by atoms with Crippen molar-refractivity contribution < 1.29 is 4.79 Å². The van der Waals surface area contributed by atoms with Gasteiger partial charge in [-0.25, -0.2) is 0 Å². The van der Waals surface area contributed by atoms with Gasteiger partial charge in [0.05, 0.1) is 0 Å². The largest absolute Gasteiger partial charge is 0.294 e. The van der Waals surface area contributed by atoms with Crippen LogP contribution in [0.1, 0.15) is 54.9 Å². The highest BCUT2D eigenvalue weighted by molar-refractivity contribution is 6.31. The number of benzene rings is 1. The number of carbonyl (C=O) groups excluding carboxylic acids is 1. The summed E-state index contributed by atoms with van der Waals surface area (Å²) in [4.78, 5) is 12.5. The lowest BCUT2D eigenvalue weighted by Crippen LogP contribution is -2.22. The van der Waals surface area contributed by atoms with Crippen LogP contribution in [-0.2, 0) is 0 Å². The van der Waals surface area contributed by atoms with E-state index in [4.69, 9.17) is 11.6 Å². The number of Topliss-reactive ketones (excluding diaryl/α,β-unsaturated/α-hetero) is 1. The van der Waals surface area contributed by atoms with Crippen LogP contribution in [0.25, 0.3) is 0 Å². The zero-order valence-corrected chi connectivity index (χ0v) is 12.0. The second-order valence-corrected chi connectivity index (χ2v) is 5.89. The van der Waals surface area contributed by atoms with Crippen LogP contribution in [0.5, 0.6) is 0 Å². The molecule has 0 spiro atoms. The average molecular weight is 265 g/mol. The van der Waals surface area contributed by atoms with Crippen LogP contribution in [0.3, 0.4) is 0 Å². The summed E-state index contributed by atoms with van der Waals surface area (Å²) < 4.78 is 0. The van der Waals surface area contributed by atoms with Gasteiger partial charge < -0.3 is 0 Å². The normalized spacial score (nSPS) is 23.9. The molecule has 0 radical (unpaired) electrons. The van der Waals surface area contributed by atoms with E-state index >= 15 is 0 Å². The van der Waals surface area contributed by atoms with Crippen molar-refractivity contribution in [1.82, 2.24) is 0 Å². The molecule has 1 fully saturated rings. The number of hydrogen-bond donors (Lipinski definition) is 0. The number of hydrogen-bond acceptors (Lipinski definition) is 1. The van der Waals surface area contributed by atoms with Gasteiger partial charge in [-0.05, 0) is 56.2 Å². The van der Waals surface area contributed by atoms with Crippen LogP contribution < -0.4 is 0 Å². The quantitative estimate of drug-likeness (QED) is 0.699. The van der Waals surface area contributed by atoms with E-state index in [1.165, 1.54) is 19.3 Å². The van der Waals surface area contributed by atoms with Crippen molar-refractivity contribution in [2.45, 2.75) is 46.0 Å². The van der Waals surface area contributed by atoms with Gasteiger partial charge in [0, 0.05) is 16.5 Å². The van der Waals surface area contributed by atoms with E-state index in [0.29, 0.717) is 10.8 Å². The number of aryl methyl sites for hydroxylation is 1. The third-order valence-electron chi connectivity index (χ3n) is 4.26. The van der Waals surface area contributed by atoms with Crippen molar-refractivity contribution >= 4 is 17.4 Å². The molecule has 2 rings (SSSR count). The smallest absolute Gasteiger partial charge is 0.166 e. The molecule has 0 aliphatic heterocycles. The Kier molecular flexibility index (Phi) is 4.45. The fourth-order valence-electron chi connectivity index (χ4n) is 2.91. The Balaban J connectivity index is 2.10. The van der Waals surface area contributed by atoms with Crippen molar-refractivity contribution in [2.75, 3.05) is 0 Å². The summed E-state index contributed by atoms with van der Waals surface area (Å²) in [6.45, 7) is 4.23. The van der Waals surface area contributed by atoms with Crippen LogP contribution in [0.2, 0.25) is 5.02 Å². The molecule has 18 heavy (non-hydrogen) atoms. The molecule has 1 nitrogen and oxygen atoms in total. The van der Waals surface area contributed by atoms with Gasteiger partial charge in [-0.15, -0.1) is 0 Å². The SMILES string of the molecule is CCC1CCC(C(=O)c2cc(Cl)ccc2C)CC1. The molecule has 1 aromatic rings. The molecule has 1 saturated carbocycles. The first-order valence-electron chi connectivity index (χ1n) is 6.92. The maximum Gasteiger partial charge on any atom is 0.166 e. The summed E-state index contributed by atoms with van der Waals surface area (Å²) in [6, 6.07) is 5.61. The van der Waals surface area contributed by atoms with Gasteiger partial charge in [0.25, 0.3) is 0 Å². The van der Waals surface area contributed by atoms with Crippen molar-refractivity contribution in [3.63, 3.8) is 0 Å². The van der Waals surface area contributed by atoms with Gasteiger partial charge in [-0.1, -0.05) is 31.0 Å². The first-order valence-corrected chi connectivity index (χ1v) is 7.30. The van der Waals surface area contributed by atoms with Crippen LogP contribution in [0.15, 0.2) is 18.2 Å². The highest BCUT2D eigenvalue weighted by Crippen LogP contribution is 2.33. The molecular formula is C16H21ClO. The van der Waals surface area contributed by atoms with Crippen LogP contribution in [0, 0.1) is 18.8 Å². The molecule has 0 amide bonds.